The number of nitrogens with zero attached hydrogens (tertiary/aromatic N) is 3. The molecule has 4 aromatic rings. The van der Waals surface area contributed by atoms with Gasteiger partial charge in [0.2, 0.25) is 5.82 Å². The van der Waals surface area contributed by atoms with Gasteiger partial charge in [0.1, 0.15) is 6.61 Å². The van der Waals surface area contributed by atoms with E-state index in [0.29, 0.717) is 32.6 Å². The van der Waals surface area contributed by atoms with Crippen molar-refractivity contribution < 1.29 is 22.6 Å². The van der Waals surface area contributed by atoms with Crippen LogP contribution in [0.1, 0.15) is 11.1 Å². The fourth-order valence-electron chi connectivity index (χ4n) is 3.04. The number of anilines is 1. The summed E-state index contributed by atoms with van der Waals surface area (Å²) < 4.78 is 45.1. The van der Waals surface area contributed by atoms with Crippen molar-refractivity contribution in [1.82, 2.24) is 15.0 Å². The topological polar surface area (TPSA) is 113 Å². The average molecular weight is 507 g/mol. The first-order chi connectivity index (χ1) is 15.8. The number of benzene rings is 2. The predicted molar refractivity (Wildman–Crippen MR) is 126 cm³/mol. The Kier molecular flexibility index (Phi) is 6.54. The number of fused-ring (bicyclic) bond motifs is 1. The number of halogens is 1. The third-order valence-electron chi connectivity index (χ3n) is 4.72. The molecule has 2 heterocycles. The van der Waals surface area contributed by atoms with Crippen LogP contribution in [0.4, 0.5) is 5.82 Å². The summed E-state index contributed by atoms with van der Waals surface area (Å²) in [5.74, 6) is 1.07. The molecule has 0 unspecified atom stereocenters. The number of hydrogen-bond acceptors (Lipinski definition) is 9. The summed E-state index contributed by atoms with van der Waals surface area (Å²) in [4.78, 5) is 13.4. The van der Waals surface area contributed by atoms with E-state index >= 15 is 0 Å². The van der Waals surface area contributed by atoms with E-state index < -0.39 is 10.0 Å². The van der Waals surface area contributed by atoms with Gasteiger partial charge in [0.25, 0.3) is 15.9 Å². The maximum absolute atomic E-state index is 13.1. The number of sulfonamides is 1. The average Bonchev–Trinajstić information content (AvgIpc) is 3.25. The van der Waals surface area contributed by atoms with Crippen molar-refractivity contribution >= 4 is 49.3 Å². The Balaban J connectivity index is 1.67. The van der Waals surface area contributed by atoms with E-state index in [1.165, 1.54) is 24.5 Å². The van der Waals surface area contributed by atoms with Crippen molar-refractivity contribution in [2.75, 3.05) is 18.9 Å². The van der Waals surface area contributed by atoms with Gasteiger partial charge in [-0.15, -0.1) is 11.3 Å². The van der Waals surface area contributed by atoms with E-state index in [9.17, 15) is 8.42 Å². The van der Waals surface area contributed by atoms with Gasteiger partial charge in [-0.2, -0.15) is 4.98 Å². The number of aromatic nitrogens is 3. The van der Waals surface area contributed by atoms with Gasteiger partial charge in [-0.25, -0.2) is 18.4 Å². The molecule has 0 radical (unpaired) electrons. The summed E-state index contributed by atoms with van der Waals surface area (Å²) in [6.45, 7) is 1.71. The van der Waals surface area contributed by atoms with Crippen LogP contribution >= 0.6 is 22.9 Å². The summed E-state index contributed by atoms with van der Waals surface area (Å²) in [5, 5.41) is 0.337. The van der Waals surface area contributed by atoms with Crippen molar-refractivity contribution in [3.8, 4) is 17.4 Å². The molecule has 2 aromatic carbocycles. The minimum absolute atomic E-state index is 0.0183. The predicted octanol–water partition coefficient (Wildman–Crippen LogP) is 4.45. The Bertz CT molecular complexity index is 1430. The highest BCUT2D eigenvalue weighted by Gasteiger charge is 2.23. The summed E-state index contributed by atoms with van der Waals surface area (Å²) >= 11 is 7.37. The molecule has 0 amide bonds. The Morgan fingerprint density at radius 2 is 1.88 bits per heavy atom. The van der Waals surface area contributed by atoms with E-state index in [1.807, 2.05) is 0 Å². The van der Waals surface area contributed by atoms with Crippen LogP contribution in [0.3, 0.4) is 0 Å². The van der Waals surface area contributed by atoms with Gasteiger partial charge in [-0.1, -0.05) is 23.7 Å². The lowest BCUT2D eigenvalue weighted by molar-refractivity contribution is 0.294. The lowest BCUT2D eigenvalue weighted by atomic mass is 10.2. The van der Waals surface area contributed by atoms with E-state index in [0.717, 1.165) is 5.56 Å². The molecule has 33 heavy (non-hydrogen) atoms. The molecular formula is C21H19ClN4O5S2. The summed E-state index contributed by atoms with van der Waals surface area (Å²) in [5.41, 5.74) is 3.06. The van der Waals surface area contributed by atoms with Crippen LogP contribution < -0.4 is 18.9 Å². The van der Waals surface area contributed by atoms with Gasteiger partial charge < -0.3 is 14.2 Å². The van der Waals surface area contributed by atoms with Crippen molar-refractivity contribution in [3.63, 3.8) is 0 Å². The fourth-order valence-corrected chi connectivity index (χ4v) is 5.13. The second-order valence-electron chi connectivity index (χ2n) is 6.80. The van der Waals surface area contributed by atoms with Crippen LogP contribution in [0.25, 0.3) is 10.5 Å². The highest BCUT2D eigenvalue weighted by Crippen LogP contribution is 2.31. The zero-order valence-corrected chi connectivity index (χ0v) is 20.2. The smallest absolute Gasteiger partial charge is 0.263 e. The molecule has 0 bridgehead atoms. The maximum atomic E-state index is 13.1. The van der Waals surface area contributed by atoms with E-state index in [-0.39, 0.29) is 23.2 Å². The highest BCUT2D eigenvalue weighted by atomic mass is 35.5. The first-order valence-corrected chi connectivity index (χ1v) is 12.3. The van der Waals surface area contributed by atoms with Crippen LogP contribution in [-0.2, 0) is 16.6 Å². The molecule has 9 nitrogen and oxygen atoms in total. The number of hydrogen-bond donors (Lipinski definition) is 1. The molecule has 0 aliphatic rings. The minimum atomic E-state index is -4.02. The molecule has 0 fully saturated rings. The zero-order chi connectivity index (χ0) is 23.6. The molecule has 4 rings (SSSR count). The van der Waals surface area contributed by atoms with Gasteiger partial charge in [0, 0.05) is 5.02 Å². The third-order valence-corrected chi connectivity index (χ3v) is 7.32. The van der Waals surface area contributed by atoms with Gasteiger partial charge in [-0.05, 0) is 42.3 Å². The first kappa shape index (κ1) is 23.0. The number of ether oxygens (including phenoxy) is 3. The monoisotopic (exact) mass is 506 g/mol. The molecule has 12 heteroatoms. The lowest BCUT2D eigenvalue weighted by Gasteiger charge is -2.14. The number of thiazole rings is 1. The number of nitrogens with one attached hydrogen (secondary N) is 1. The second-order valence-corrected chi connectivity index (χ2v) is 9.70. The molecule has 2 aromatic heterocycles. The zero-order valence-electron chi connectivity index (χ0n) is 17.8. The second kappa shape index (κ2) is 9.38. The van der Waals surface area contributed by atoms with Crippen molar-refractivity contribution in [2.45, 2.75) is 18.4 Å². The Hall–Kier alpha value is -3.15. The largest absolute Gasteiger partial charge is 0.493 e. The van der Waals surface area contributed by atoms with Gasteiger partial charge >= 0.3 is 0 Å². The maximum Gasteiger partial charge on any atom is 0.263 e. The molecular weight excluding hydrogens is 488 g/mol. The minimum Gasteiger partial charge on any atom is -0.493 e. The molecule has 0 aliphatic heterocycles. The van der Waals surface area contributed by atoms with Crippen LogP contribution in [0, 0.1) is 6.92 Å². The third kappa shape index (κ3) is 4.80. The van der Waals surface area contributed by atoms with Crippen molar-refractivity contribution in [2.24, 2.45) is 0 Å². The molecule has 0 saturated heterocycles. The molecule has 1 N–H and O–H groups in total. The van der Waals surface area contributed by atoms with Crippen LogP contribution in [0.5, 0.6) is 17.4 Å². The normalized spacial score (nSPS) is 11.4. The molecule has 0 aliphatic carbocycles. The van der Waals surface area contributed by atoms with Crippen molar-refractivity contribution in [3.05, 3.63) is 58.1 Å². The standard InChI is InChI=1S/C21H19ClN4O5S2/c1-12-14(22)5-4-6-17(12)33(27,28)26-18-20(25-21-19(24-18)23-11-32-21)31-10-13-7-8-15(29-2)16(9-13)30-3/h4-9,11H,10H2,1-3H3,(H,24,26). The highest BCUT2D eigenvalue weighted by molar-refractivity contribution is 7.92. The Morgan fingerprint density at radius 1 is 1.09 bits per heavy atom. The molecule has 0 atom stereocenters. The SMILES string of the molecule is COc1ccc(COc2nc3scnc3nc2NS(=O)(=O)c2cccc(Cl)c2C)cc1OC. The van der Waals surface area contributed by atoms with Crippen LogP contribution in [-0.4, -0.2) is 37.6 Å². The van der Waals surface area contributed by atoms with Gasteiger partial charge in [-0.3, -0.25) is 4.72 Å². The van der Waals surface area contributed by atoms with E-state index in [1.54, 1.807) is 49.9 Å². The molecule has 0 saturated carbocycles. The Labute approximate surface area is 199 Å². The van der Waals surface area contributed by atoms with Crippen LogP contribution in [0.15, 0.2) is 46.8 Å². The first-order valence-electron chi connectivity index (χ1n) is 9.55. The van der Waals surface area contributed by atoms with Gasteiger partial charge in [0.05, 0.1) is 24.6 Å². The summed E-state index contributed by atoms with van der Waals surface area (Å²) in [6, 6.07) is 9.96. The van der Waals surface area contributed by atoms with E-state index in [4.69, 9.17) is 25.8 Å². The molecule has 172 valence electrons. The van der Waals surface area contributed by atoms with Crippen molar-refractivity contribution in [1.29, 1.82) is 0 Å². The quantitative estimate of drug-likeness (QED) is 0.373. The summed E-state index contributed by atoms with van der Waals surface area (Å²) in [6.07, 6.45) is 0. The summed E-state index contributed by atoms with van der Waals surface area (Å²) in [7, 11) is -0.934. The lowest BCUT2D eigenvalue weighted by Crippen LogP contribution is -2.17. The number of rotatable bonds is 8. The Morgan fingerprint density at radius 3 is 2.64 bits per heavy atom. The van der Waals surface area contributed by atoms with E-state index in [2.05, 4.69) is 19.7 Å². The fraction of sp³-hybridized carbons (Fsp3) is 0.190. The number of methoxy groups -OCH3 is 2. The van der Waals surface area contributed by atoms with Crippen LogP contribution in [0.2, 0.25) is 5.02 Å². The van der Waals surface area contributed by atoms with Gasteiger partial charge in [0.15, 0.2) is 22.0 Å². The molecule has 0 spiro atoms.